The smallest absolute Gasteiger partial charge is 0.326 e. The van der Waals surface area contributed by atoms with Gasteiger partial charge in [0.15, 0.2) is 0 Å². The third kappa shape index (κ3) is 4.42. The number of anilines is 1. The molecular formula is C27H22ClFN4O2. The molecule has 0 fully saturated rings. The summed E-state index contributed by atoms with van der Waals surface area (Å²) in [5.74, 6) is 0.293. The van der Waals surface area contributed by atoms with Gasteiger partial charge in [0.05, 0.1) is 17.3 Å². The van der Waals surface area contributed by atoms with Crippen LogP contribution in [0.4, 0.5) is 14.9 Å². The maximum atomic E-state index is 13.6. The van der Waals surface area contributed by atoms with Crippen molar-refractivity contribution in [2.75, 3.05) is 4.90 Å². The molecule has 2 heterocycles. The average Bonchev–Trinajstić information content (AvgIpc) is 3.35. The third-order valence-corrected chi connectivity index (χ3v) is 6.30. The Bertz CT molecular complexity index is 1400. The second-order valence-electron chi connectivity index (χ2n) is 8.22. The van der Waals surface area contributed by atoms with Crippen molar-refractivity contribution in [3.63, 3.8) is 0 Å². The molecule has 2 amide bonds. The van der Waals surface area contributed by atoms with Crippen LogP contribution in [0.25, 0.3) is 17.0 Å². The Morgan fingerprint density at radius 3 is 2.37 bits per heavy atom. The van der Waals surface area contributed by atoms with E-state index >= 15 is 0 Å². The number of aromatic nitrogens is 2. The molecule has 6 nitrogen and oxygen atoms in total. The molecule has 0 bridgehead atoms. The highest BCUT2D eigenvalue weighted by Gasteiger charge is 2.36. The van der Waals surface area contributed by atoms with E-state index in [1.165, 1.54) is 17.7 Å². The van der Waals surface area contributed by atoms with Crippen LogP contribution in [-0.4, -0.2) is 16.2 Å². The zero-order chi connectivity index (χ0) is 24.5. The molecule has 5 rings (SSSR count). The number of nitrogens with one attached hydrogen (secondary N) is 1. The van der Waals surface area contributed by atoms with Crippen molar-refractivity contribution >= 4 is 28.9 Å². The Balaban J connectivity index is 1.63. The van der Waals surface area contributed by atoms with Crippen molar-refractivity contribution in [1.29, 1.82) is 0 Å². The predicted octanol–water partition coefficient (Wildman–Crippen LogP) is 6.79. The number of hydrogen-bond acceptors (Lipinski definition) is 4. The lowest BCUT2D eigenvalue weighted by atomic mass is 9.94. The Kier molecular flexibility index (Phi) is 6.09. The molecule has 35 heavy (non-hydrogen) atoms. The highest BCUT2D eigenvalue weighted by atomic mass is 35.5. The first kappa shape index (κ1) is 22.8. The number of aryl methyl sites for hydroxylation is 1. The summed E-state index contributed by atoms with van der Waals surface area (Å²) in [5.41, 5.74) is 4.59. The lowest BCUT2D eigenvalue weighted by Gasteiger charge is -2.35. The molecule has 1 aliphatic rings. The van der Waals surface area contributed by atoms with E-state index in [-0.39, 0.29) is 17.7 Å². The van der Waals surface area contributed by atoms with Gasteiger partial charge in [0.1, 0.15) is 5.82 Å². The summed E-state index contributed by atoms with van der Waals surface area (Å²) >= 11 is 6.01. The molecule has 1 atom stereocenters. The number of allylic oxidation sites excluding steroid dienone is 1. The van der Waals surface area contributed by atoms with Crippen molar-refractivity contribution < 1.29 is 13.7 Å². The summed E-state index contributed by atoms with van der Waals surface area (Å²) < 4.78 is 19.3. The van der Waals surface area contributed by atoms with Crippen molar-refractivity contribution in [2.45, 2.75) is 26.3 Å². The minimum Gasteiger partial charge on any atom is -0.334 e. The SMILES string of the molecule is CCc1ccc(N2C(=O)NC(c3ccc(F)cc3)C(c3nc(-c4ccc(Cl)cc4)no3)=C2C)cc1. The van der Waals surface area contributed by atoms with Gasteiger partial charge < -0.3 is 9.84 Å². The van der Waals surface area contributed by atoms with Crippen LogP contribution in [0.15, 0.2) is 83.0 Å². The summed E-state index contributed by atoms with van der Waals surface area (Å²) in [6.45, 7) is 3.91. The van der Waals surface area contributed by atoms with E-state index in [1.807, 2.05) is 31.2 Å². The van der Waals surface area contributed by atoms with E-state index in [2.05, 4.69) is 22.4 Å². The highest BCUT2D eigenvalue weighted by molar-refractivity contribution is 6.30. The number of carbonyl (C=O) groups excluding carboxylic acids is 1. The fourth-order valence-electron chi connectivity index (χ4n) is 4.17. The van der Waals surface area contributed by atoms with Gasteiger partial charge in [-0.05, 0) is 73.0 Å². The van der Waals surface area contributed by atoms with Gasteiger partial charge in [-0.3, -0.25) is 4.90 Å². The van der Waals surface area contributed by atoms with E-state index in [0.29, 0.717) is 33.4 Å². The van der Waals surface area contributed by atoms with Crippen LogP contribution in [0, 0.1) is 5.82 Å². The molecule has 0 saturated carbocycles. The van der Waals surface area contributed by atoms with Crippen molar-refractivity contribution in [3.05, 3.63) is 106 Å². The molecule has 1 aromatic heterocycles. The van der Waals surface area contributed by atoms with Gasteiger partial charge in [0.25, 0.3) is 5.89 Å². The number of halogens is 2. The van der Waals surface area contributed by atoms with Gasteiger partial charge in [-0.25, -0.2) is 9.18 Å². The van der Waals surface area contributed by atoms with Gasteiger partial charge in [0, 0.05) is 16.3 Å². The average molecular weight is 489 g/mol. The molecule has 1 N–H and O–H groups in total. The second kappa shape index (κ2) is 9.35. The highest BCUT2D eigenvalue weighted by Crippen LogP contribution is 2.39. The lowest BCUT2D eigenvalue weighted by Crippen LogP contribution is -2.46. The summed E-state index contributed by atoms with van der Waals surface area (Å²) in [5, 5.41) is 7.78. The quantitative estimate of drug-likeness (QED) is 0.335. The van der Waals surface area contributed by atoms with Crippen LogP contribution in [-0.2, 0) is 6.42 Å². The molecule has 0 saturated heterocycles. The van der Waals surface area contributed by atoms with E-state index in [4.69, 9.17) is 16.1 Å². The Morgan fingerprint density at radius 2 is 1.71 bits per heavy atom. The first-order valence-electron chi connectivity index (χ1n) is 11.2. The minimum atomic E-state index is -0.604. The zero-order valence-corrected chi connectivity index (χ0v) is 19.9. The Labute approximate surface area is 207 Å². The maximum Gasteiger partial charge on any atom is 0.326 e. The maximum absolute atomic E-state index is 13.6. The standard InChI is InChI=1S/C27H22ClFN4O2/c1-3-17-4-14-22(15-5-17)33-16(2)23(24(30-27(33)34)18-8-12-21(29)13-9-18)26-31-25(32-35-26)19-6-10-20(28)11-7-19/h4-15,24H,3H2,1-2H3,(H,30,34). The largest absolute Gasteiger partial charge is 0.334 e. The number of amides is 2. The van der Waals surface area contributed by atoms with E-state index in [0.717, 1.165) is 12.0 Å². The summed E-state index contributed by atoms with van der Waals surface area (Å²) in [7, 11) is 0. The van der Waals surface area contributed by atoms with E-state index in [1.54, 1.807) is 41.3 Å². The van der Waals surface area contributed by atoms with Crippen molar-refractivity contribution in [1.82, 2.24) is 15.5 Å². The molecule has 1 aliphatic heterocycles. The van der Waals surface area contributed by atoms with Crippen LogP contribution in [0.3, 0.4) is 0 Å². The van der Waals surface area contributed by atoms with Crippen LogP contribution in [0.1, 0.15) is 36.9 Å². The molecule has 1 unspecified atom stereocenters. The monoisotopic (exact) mass is 488 g/mol. The van der Waals surface area contributed by atoms with Gasteiger partial charge in [0.2, 0.25) is 5.82 Å². The molecule has 3 aromatic carbocycles. The minimum absolute atomic E-state index is 0.261. The number of benzene rings is 3. The van der Waals surface area contributed by atoms with E-state index in [9.17, 15) is 9.18 Å². The fourth-order valence-corrected chi connectivity index (χ4v) is 4.29. The third-order valence-electron chi connectivity index (χ3n) is 6.05. The molecule has 0 aliphatic carbocycles. The Hall–Kier alpha value is -3.97. The van der Waals surface area contributed by atoms with Gasteiger partial charge in [-0.2, -0.15) is 4.98 Å². The van der Waals surface area contributed by atoms with Crippen LogP contribution in [0.5, 0.6) is 0 Å². The van der Waals surface area contributed by atoms with Crippen molar-refractivity contribution in [3.8, 4) is 11.4 Å². The topological polar surface area (TPSA) is 71.3 Å². The second-order valence-corrected chi connectivity index (χ2v) is 8.66. The first-order valence-corrected chi connectivity index (χ1v) is 11.6. The predicted molar refractivity (Wildman–Crippen MR) is 133 cm³/mol. The van der Waals surface area contributed by atoms with Gasteiger partial charge in [-0.1, -0.05) is 47.9 Å². The van der Waals surface area contributed by atoms with Crippen LogP contribution in [0.2, 0.25) is 5.02 Å². The molecule has 0 spiro atoms. The van der Waals surface area contributed by atoms with E-state index < -0.39 is 6.04 Å². The van der Waals surface area contributed by atoms with Crippen LogP contribution >= 0.6 is 11.6 Å². The summed E-state index contributed by atoms with van der Waals surface area (Å²) in [6, 6.07) is 20.0. The number of hydrogen-bond donors (Lipinski definition) is 1. The Morgan fingerprint density at radius 1 is 1.03 bits per heavy atom. The number of nitrogens with zero attached hydrogens (tertiary/aromatic N) is 3. The van der Waals surface area contributed by atoms with Crippen LogP contribution < -0.4 is 10.2 Å². The number of carbonyl (C=O) groups is 1. The normalized spacial score (nSPS) is 15.9. The molecular weight excluding hydrogens is 467 g/mol. The molecule has 0 radical (unpaired) electrons. The fraction of sp³-hybridized carbons (Fsp3) is 0.148. The molecule has 8 heteroatoms. The first-order chi connectivity index (χ1) is 16.9. The number of rotatable bonds is 5. The molecule has 4 aromatic rings. The van der Waals surface area contributed by atoms with Gasteiger partial charge >= 0.3 is 6.03 Å². The number of urea groups is 1. The molecule has 176 valence electrons. The van der Waals surface area contributed by atoms with Crippen molar-refractivity contribution in [2.24, 2.45) is 0 Å². The van der Waals surface area contributed by atoms with Gasteiger partial charge in [-0.15, -0.1) is 0 Å². The summed E-state index contributed by atoms with van der Waals surface area (Å²) in [6.07, 6.45) is 0.897. The zero-order valence-electron chi connectivity index (χ0n) is 19.1. The lowest BCUT2D eigenvalue weighted by molar-refractivity contribution is 0.244. The summed E-state index contributed by atoms with van der Waals surface area (Å²) in [4.78, 5) is 19.5.